The van der Waals surface area contributed by atoms with Crippen LogP contribution in [-0.2, 0) is 23.8 Å². The number of carbonyl (C=O) groups excluding carboxylic acids is 2. The van der Waals surface area contributed by atoms with Crippen LogP contribution in [0.2, 0.25) is 0 Å². The van der Waals surface area contributed by atoms with Crippen molar-refractivity contribution in [1.82, 2.24) is 15.1 Å². The van der Waals surface area contributed by atoms with E-state index in [0.29, 0.717) is 25.7 Å². The number of carbonyl (C=O) groups is 2. The molecule has 0 fully saturated rings. The summed E-state index contributed by atoms with van der Waals surface area (Å²) in [5, 5.41) is 2.72. The molecule has 37 heavy (non-hydrogen) atoms. The predicted octanol–water partition coefficient (Wildman–Crippen LogP) is 5.12. The van der Waals surface area contributed by atoms with Crippen LogP contribution in [0.3, 0.4) is 0 Å². The molecule has 0 aromatic carbocycles. The van der Waals surface area contributed by atoms with E-state index in [1.54, 1.807) is 41.5 Å². The SMILES string of the molecule is CCC(CCCN(CC)CC)N(CS(=O)(=O)OCCCC(C)NC(=O)OC(C)(C)C)C(=O)OC(C)(C)C. The zero-order valence-electron chi connectivity index (χ0n) is 24.9. The van der Waals surface area contributed by atoms with Crippen LogP contribution >= 0.6 is 0 Å². The van der Waals surface area contributed by atoms with Crippen LogP contribution in [0.5, 0.6) is 0 Å². The molecule has 2 atom stereocenters. The molecule has 0 spiro atoms. The number of amides is 2. The Bertz CT molecular complexity index is 772. The lowest BCUT2D eigenvalue weighted by atomic mass is 10.1. The van der Waals surface area contributed by atoms with Crippen molar-refractivity contribution in [1.29, 1.82) is 0 Å². The molecule has 0 aromatic rings. The van der Waals surface area contributed by atoms with E-state index in [9.17, 15) is 18.0 Å². The number of hydrogen-bond donors (Lipinski definition) is 1. The van der Waals surface area contributed by atoms with Gasteiger partial charge in [-0.3, -0.25) is 9.08 Å². The first-order valence-electron chi connectivity index (χ1n) is 13.5. The fourth-order valence-electron chi connectivity index (χ4n) is 3.66. The molecule has 0 bridgehead atoms. The monoisotopic (exact) mass is 551 g/mol. The Hall–Kier alpha value is -1.59. The smallest absolute Gasteiger partial charge is 0.411 e. The van der Waals surface area contributed by atoms with E-state index < -0.39 is 39.4 Å². The van der Waals surface area contributed by atoms with E-state index in [0.717, 1.165) is 26.1 Å². The highest BCUT2D eigenvalue weighted by molar-refractivity contribution is 7.86. The summed E-state index contributed by atoms with van der Waals surface area (Å²) in [6.45, 7) is 21.3. The second kappa shape index (κ2) is 16.4. The normalized spacial score (nSPS) is 14.2. The lowest BCUT2D eigenvalue weighted by Crippen LogP contribution is -2.46. The maximum absolute atomic E-state index is 13.0. The van der Waals surface area contributed by atoms with Crippen LogP contribution < -0.4 is 5.32 Å². The Balaban J connectivity index is 5.08. The molecule has 220 valence electrons. The van der Waals surface area contributed by atoms with Gasteiger partial charge in [0.05, 0.1) is 6.61 Å². The van der Waals surface area contributed by atoms with E-state index >= 15 is 0 Å². The minimum absolute atomic E-state index is 0.0520. The molecule has 11 heteroatoms. The summed E-state index contributed by atoms with van der Waals surface area (Å²) in [5.74, 6) is -0.572. The minimum atomic E-state index is -4.03. The van der Waals surface area contributed by atoms with Gasteiger partial charge in [0.1, 0.15) is 11.2 Å². The van der Waals surface area contributed by atoms with Gasteiger partial charge in [0, 0.05) is 12.1 Å². The zero-order valence-corrected chi connectivity index (χ0v) is 25.7. The Labute approximate surface area is 225 Å². The van der Waals surface area contributed by atoms with Gasteiger partial charge in [-0.2, -0.15) is 8.42 Å². The second-order valence-electron chi connectivity index (χ2n) is 11.4. The molecule has 0 aliphatic heterocycles. The summed E-state index contributed by atoms with van der Waals surface area (Å²) in [6, 6.07) is -0.503. The summed E-state index contributed by atoms with van der Waals surface area (Å²) < 4.78 is 41.6. The molecule has 0 saturated heterocycles. The molecule has 10 nitrogen and oxygen atoms in total. The second-order valence-corrected chi connectivity index (χ2v) is 13.0. The minimum Gasteiger partial charge on any atom is -0.444 e. The van der Waals surface area contributed by atoms with Crippen LogP contribution in [0.1, 0.15) is 101 Å². The first-order chi connectivity index (χ1) is 16.9. The first kappa shape index (κ1) is 35.4. The van der Waals surface area contributed by atoms with Gasteiger partial charge < -0.3 is 19.7 Å². The van der Waals surface area contributed by atoms with E-state index in [1.165, 1.54) is 4.90 Å². The van der Waals surface area contributed by atoms with Crippen LogP contribution in [0.4, 0.5) is 9.59 Å². The molecule has 0 rings (SSSR count). The first-order valence-corrected chi connectivity index (χ1v) is 15.1. The van der Waals surface area contributed by atoms with Crippen molar-refractivity contribution in [2.24, 2.45) is 0 Å². The molecule has 1 N–H and O–H groups in total. The molecule has 2 amide bonds. The topological polar surface area (TPSA) is 114 Å². The number of nitrogens with zero attached hydrogens (tertiary/aromatic N) is 2. The number of nitrogens with one attached hydrogen (secondary N) is 1. The number of alkyl carbamates (subject to hydrolysis) is 1. The molecule has 0 aliphatic carbocycles. The highest BCUT2D eigenvalue weighted by Gasteiger charge is 2.31. The summed E-state index contributed by atoms with van der Waals surface area (Å²) in [4.78, 5) is 28.4. The van der Waals surface area contributed by atoms with Crippen LogP contribution in [0, 0.1) is 0 Å². The summed E-state index contributed by atoms with van der Waals surface area (Å²) in [7, 11) is -4.03. The lowest BCUT2D eigenvalue weighted by molar-refractivity contribution is 0.0179. The van der Waals surface area contributed by atoms with Gasteiger partial charge >= 0.3 is 12.2 Å². The number of rotatable bonds is 16. The lowest BCUT2D eigenvalue weighted by Gasteiger charge is -2.33. The Morgan fingerprint density at radius 2 is 1.46 bits per heavy atom. The molecule has 0 heterocycles. The van der Waals surface area contributed by atoms with Crippen molar-refractivity contribution in [2.75, 3.05) is 32.1 Å². The van der Waals surface area contributed by atoms with E-state index in [4.69, 9.17) is 13.7 Å². The van der Waals surface area contributed by atoms with Crippen molar-refractivity contribution in [2.45, 2.75) is 125 Å². The largest absolute Gasteiger partial charge is 0.444 e. The standard InChI is InChI=1S/C26H53N3O7S/c1-11-22(17-14-18-28(12-2)13-3)29(24(31)36-26(8,9)10)20-37(32,33)34-19-15-16-21(4)27-23(30)35-25(5,6)7/h21-22H,11-20H2,1-10H3,(H,27,30). The highest BCUT2D eigenvalue weighted by Crippen LogP contribution is 2.19. The molecule has 0 aromatic heterocycles. The quantitative estimate of drug-likeness (QED) is 0.208. The van der Waals surface area contributed by atoms with Crippen molar-refractivity contribution >= 4 is 22.3 Å². The Morgan fingerprint density at radius 3 is 1.95 bits per heavy atom. The van der Waals surface area contributed by atoms with E-state index in [-0.39, 0.29) is 18.7 Å². The van der Waals surface area contributed by atoms with E-state index in [1.807, 2.05) is 13.8 Å². The van der Waals surface area contributed by atoms with Crippen molar-refractivity contribution in [3.05, 3.63) is 0 Å². The van der Waals surface area contributed by atoms with Crippen LogP contribution in [-0.4, -0.2) is 85.8 Å². The average molecular weight is 552 g/mol. The zero-order chi connectivity index (χ0) is 28.9. The molecule has 0 saturated carbocycles. The number of hydrogen-bond acceptors (Lipinski definition) is 8. The van der Waals surface area contributed by atoms with Gasteiger partial charge in [-0.1, -0.05) is 20.8 Å². The summed E-state index contributed by atoms with van der Waals surface area (Å²) in [5.41, 5.74) is -1.35. The third-order valence-corrected chi connectivity index (χ3v) is 6.67. The van der Waals surface area contributed by atoms with Gasteiger partial charge in [-0.15, -0.1) is 0 Å². The maximum atomic E-state index is 13.0. The predicted molar refractivity (Wildman–Crippen MR) is 147 cm³/mol. The summed E-state index contributed by atoms with van der Waals surface area (Å²) >= 11 is 0. The maximum Gasteiger partial charge on any atom is 0.411 e. The molecule has 0 radical (unpaired) electrons. The molecular formula is C26H53N3O7S. The van der Waals surface area contributed by atoms with Gasteiger partial charge in [0.2, 0.25) is 0 Å². The van der Waals surface area contributed by atoms with Gasteiger partial charge in [-0.25, -0.2) is 9.59 Å². The highest BCUT2D eigenvalue weighted by atomic mass is 32.2. The van der Waals surface area contributed by atoms with Crippen molar-refractivity contribution in [3.8, 4) is 0 Å². The van der Waals surface area contributed by atoms with Crippen molar-refractivity contribution in [3.63, 3.8) is 0 Å². The van der Waals surface area contributed by atoms with Crippen LogP contribution in [0.15, 0.2) is 0 Å². The van der Waals surface area contributed by atoms with Gasteiger partial charge in [-0.05, 0) is 100 Å². The third-order valence-electron chi connectivity index (χ3n) is 5.55. The average Bonchev–Trinajstić information content (AvgIpc) is 2.73. The fourth-order valence-corrected chi connectivity index (χ4v) is 4.77. The Morgan fingerprint density at radius 1 is 0.892 bits per heavy atom. The third kappa shape index (κ3) is 17.5. The van der Waals surface area contributed by atoms with Crippen LogP contribution in [0.25, 0.3) is 0 Å². The molecule has 2 unspecified atom stereocenters. The molecule has 0 aliphatic rings. The Kier molecular flexibility index (Phi) is 15.7. The van der Waals surface area contributed by atoms with Crippen molar-refractivity contribution < 1.29 is 31.7 Å². The summed E-state index contributed by atoms with van der Waals surface area (Å²) in [6.07, 6.45) is 1.83. The fraction of sp³-hybridized carbons (Fsp3) is 0.923. The molecular weight excluding hydrogens is 498 g/mol. The van der Waals surface area contributed by atoms with E-state index in [2.05, 4.69) is 24.1 Å². The number of ether oxygens (including phenoxy) is 2. The van der Waals surface area contributed by atoms with Gasteiger partial charge in [0.15, 0.2) is 5.88 Å². The van der Waals surface area contributed by atoms with Gasteiger partial charge in [0.25, 0.3) is 10.1 Å².